The van der Waals surface area contributed by atoms with E-state index >= 15 is 0 Å². The monoisotopic (exact) mass is 393 g/mol. The summed E-state index contributed by atoms with van der Waals surface area (Å²) in [6, 6.07) is 5.80. The van der Waals surface area contributed by atoms with Gasteiger partial charge in [-0.05, 0) is 36.5 Å². The zero-order valence-electron chi connectivity index (χ0n) is 18.0. The lowest BCUT2D eigenvalue weighted by Crippen LogP contribution is -2.38. The topological polar surface area (TPSA) is 79.2 Å². The highest BCUT2D eigenvalue weighted by atomic mass is 16.5. The van der Waals surface area contributed by atoms with Crippen LogP contribution in [0.25, 0.3) is 0 Å². The summed E-state index contributed by atoms with van der Waals surface area (Å²) in [5.74, 6) is 0.949. The molecule has 1 saturated heterocycles. The van der Waals surface area contributed by atoms with Crippen molar-refractivity contribution in [2.75, 3.05) is 33.4 Å². The highest BCUT2D eigenvalue weighted by Gasteiger charge is 2.48. The first-order valence-corrected chi connectivity index (χ1v) is 9.89. The molecule has 2 N–H and O–H groups in total. The third kappa shape index (κ3) is 4.97. The summed E-state index contributed by atoms with van der Waals surface area (Å²) in [5, 5.41) is 19.7. The molecule has 6 nitrogen and oxygen atoms in total. The standard InChI is InChI=1S/C22H35NO5/c1-15(25)22(5)14-23(20(26)13-24)12-17(22)16-7-8-18(27-6)19(11-16)28-10-9-21(2,3)4/h7-8,11,15,17,24-25H,9-10,12-14H2,1-6H3. The molecule has 158 valence electrons. The van der Waals surface area contributed by atoms with Crippen molar-refractivity contribution in [1.82, 2.24) is 4.90 Å². The van der Waals surface area contributed by atoms with E-state index in [1.54, 1.807) is 18.9 Å². The zero-order valence-corrected chi connectivity index (χ0v) is 18.0. The predicted molar refractivity (Wildman–Crippen MR) is 109 cm³/mol. The molecule has 1 heterocycles. The lowest BCUT2D eigenvalue weighted by molar-refractivity contribution is -0.133. The summed E-state index contributed by atoms with van der Waals surface area (Å²) >= 11 is 0. The molecular weight excluding hydrogens is 358 g/mol. The number of aliphatic hydroxyl groups is 2. The number of rotatable bonds is 7. The predicted octanol–water partition coefficient (Wildman–Crippen LogP) is 2.82. The van der Waals surface area contributed by atoms with E-state index in [2.05, 4.69) is 20.8 Å². The first kappa shape index (κ1) is 22.5. The molecule has 1 aromatic carbocycles. The van der Waals surface area contributed by atoms with Gasteiger partial charge < -0.3 is 24.6 Å². The number of hydrogen-bond acceptors (Lipinski definition) is 5. The van der Waals surface area contributed by atoms with E-state index in [1.165, 1.54) is 0 Å². The highest BCUT2D eigenvalue weighted by Crippen LogP contribution is 2.46. The van der Waals surface area contributed by atoms with Crippen molar-refractivity contribution >= 4 is 5.91 Å². The molecule has 1 aliphatic rings. The summed E-state index contributed by atoms with van der Waals surface area (Å²) in [4.78, 5) is 13.7. The maximum absolute atomic E-state index is 12.1. The van der Waals surface area contributed by atoms with Crippen LogP contribution < -0.4 is 9.47 Å². The average Bonchev–Trinajstić information content (AvgIpc) is 2.99. The number of ether oxygens (including phenoxy) is 2. The maximum Gasteiger partial charge on any atom is 0.248 e. The first-order valence-electron chi connectivity index (χ1n) is 9.89. The van der Waals surface area contributed by atoms with Gasteiger partial charge in [0.1, 0.15) is 6.61 Å². The molecule has 0 aliphatic carbocycles. The normalized spacial score (nSPS) is 23.6. The van der Waals surface area contributed by atoms with Crippen molar-refractivity contribution in [3.63, 3.8) is 0 Å². The molecule has 1 amide bonds. The quantitative estimate of drug-likeness (QED) is 0.745. The van der Waals surface area contributed by atoms with Crippen molar-refractivity contribution in [2.24, 2.45) is 10.8 Å². The van der Waals surface area contributed by atoms with Crippen LogP contribution in [0.4, 0.5) is 0 Å². The van der Waals surface area contributed by atoms with E-state index in [0.29, 0.717) is 31.2 Å². The minimum absolute atomic E-state index is 0.0705. The molecule has 1 aliphatic heterocycles. The molecule has 1 fully saturated rings. The second-order valence-corrected chi connectivity index (χ2v) is 9.24. The molecular formula is C22H35NO5. The Bertz CT molecular complexity index is 682. The van der Waals surface area contributed by atoms with Crippen LogP contribution in [0.1, 0.15) is 52.5 Å². The molecule has 3 atom stereocenters. The Kier molecular flexibility index (Phi) is 6.99. The van der Waals surface area contributed by atoms with Crippen LogP contribution in [0.15, 0.2) is 18.2 Å². The Morgan fingerprint density at radius 1 is 1.36 bits per heavy atom. The van der Waals surface area contributed by atoms with Crippen molar-refractivity contribution in [1.29, 1.82) is 0 Å². The number of likely N-dealkylation sites (tertiary alicyclic amines) is 1. The van der Waals surface area contributed by atoms with Gasteiger partial charge >= 0.3 is 0 Å². The molecule has 0 saturated carbocycles. The van der Waals surface area contributed by atoms with Crippen molar-refractivity contribution < 1.29 is 24.5 Å². The molecule has 28 heavy (non-hydrogen) atoms. The number of hydrogen-bond donors (Lipinski definition) is 2. The number of amides is 1. The molecule has 6 heteroatoms. The van der Waals surface area contributed by atoms with Gasteiger partial charge in [-0.2, -0.15) is 0 Å². The lowest BCUT2D eigenvalue weighted by Gasteiger charge is -2.33. The Morgan fingerprint density at radius 3 is 2.57 bits per heavy atom. The second kappa shape index (κ2) is 8.70. The summed E-state index contributed by atoms with van der Waals surface area (Å²) in [5.41, 5.74) is 0.650. The number of nitrogens with zero attached hydrogens (tertiary/aromatic N) is 1. The van der Waals surface area contributed by atoms with E-state index in [0.717, 1.165) is 12.0 Å². The van der Waals surface area contributed by atoms with Crippen molar-refractivity contribution in [2.45, 2.75) is 53.1 Å². The molecule has 2 rings (SSSR count). The third-order valence-corrected chi connectivity index (χ3v) is 5.87. The Labute approximate surface area is 168 Å². The third-order valence-electron chi connectivity index (χ3n) is 5.87. The largest absolute Gasteiger partial charge is 0.493 e. The van der Waals surface area contributed by atoms with Crippen LogP contribution >= 0.6 is 0 Å². The molecule has 0 radical (unpaired) electrons. The summed E-state index contributed by atoms with van der Waals surface area (Å²) < 4.78 is 11.5. The number of benzene rings is 1. The first-order chi connectivity index (χ1) is 13.0. The van der Waals surface area contributed by atoms with E-state index in [4.69, 9.17) is 9.47 Å². The zero-order chi connectivity index (χ0) is 21.1. The summed E-state index contributed by atoms with van der Waals surface area (Å²) in [6.45, 7) is 11.2. The van der Waals surface area contributed by atoms with Crippen LogP contribution in [0.5, 0.6) is 11.5 Å². The van der Waals surface area contributed by atoms with Gasteiger partial charge in [0.15, 0.2) is 11.5 Å². The summed E-state index contributed by atoms with van der Waals surface area (Å²) in [6.07, 6.45) is 0.301. The minimum Gasteiger partial charge on any atom is -0.493 e. The van der Waals surface area contributed by atoms with Crippen LogP contribution in [-0.2, 0) is 4.79 Å². The smallest absolute Gasteiger partial charge is 0.248 e. The van der Waals surface area contributed by atoms with Crippen LogP contribution in [0.2, 0.25) is 0 Å². The van der Waals surface area contributed by atoms with Gasteiger partial charge in [-0.25, -0.2) is 0 Å². The van der Waals surface area contributed by atoms with Gasteiger partial charge in [0.2, 0.25) is 5.91 Å². The fraction of sp³-hybridized carbons (Fsp3) is 0.682. The SMILES string of the molecule is COc1ccc(C2CN(C(=O)CO)CC2(C)C(C)O)cc1OCCC(C)(C)C. The van der Waals surface area contributed by atoms with Crippen LogP contribution in [0, 0.1) is 10.8 Å². The Hall–Kier alpha value is -1.79. The van der Waals surface area contributed by atoms with Gasteiger partial charge in [0.25, 0.3) is 0 Å². The fourth-order valence-corrected chi connectivity index (χ4v) is 3.70. The molecule has 0 bridgehead atoms. The molecule has 3 unspecified atom stereocenters. The van der Waals surface area contributed by atoms with E-state index in [-0.39, 0.29) is 17.2 Å². The van der Waals surface area contributed by atoms with Crippen molar-refractivity contribution in [3.05, 3.63) is 23.8 Å². The average molecular weight is 394 g/mol. The van der Waals surface area contributed by atoms with Crippen LogP contribution in [0.3, 0.4) is 0 Å². The van der Waals surface area contributed by atoms with E-state index < -0.39 is 18.1 Å². The summed E-state index contributed by atoms with van der Waals surface area (Å²) in [7, 11) is 1.61. The highest BCUT2D eigenvalue weighted by molar-refractivity contribution is 5.77. The fourth-order valence-electron chi connectivity index (χ4n) is 3.70. The lowest BCUT2D eigenvalue weighted by atomic mass is 9.72. The van der Waals surface area contributed by atoms with Gasteiger partial charge in [-0.15, -0.1) is 0 Å². The Morgan fingerprint density at radius 2 is 2.04 bits per heavy atom. The van der Waals surface area contributed by atoms with Gasteiger partial charge in [-0.3, -0.25) is 4.79 Å². The van der Waals surface area contributed by atoms with Crippen LogP contribution in [-0.4, -0.2) is 60.5 Å². The molecule has 0 spiro atoms. The molecule has 0 aromatic heterocycles. The Balaban J connectivity index is 2.31. The number of carbonyl (C=O) groups excluding carboxylic acids is 1. The van der Waals surface area contributed by atoms with E-state index in [9.17, 15) is 15.0 Å². The molecule has 1 aromatic rings. The number of methoxy groups -OCH3 is 1. The van der Waals surface area contributed by atoms with E-state index in [1.807, 2.05) is 25.1 Å². The van der Waals surface area contributed by atoms with Crippen molar-refractivity contribution in [3.8, 4) is 11.5 Å². The maximum atomic E-state index is 12.1. The second-order valence-electron chi connectivity index (χ2n) is 9.24. The van der Waals surface area contributed by atoms with Gasteiger partial charge in [0, 0.05) is 24.4 Å². The number of aliphatic hydroxyl groups excluding tert-OH is 2. The van der Waals surface area contributed by atoms with Gasteiger partial charge in [0.05, 0.1) is 19.8 Å². The number of carbonyl (C=O) groups is 1. The minimum atomic E-state index is -0.610. The van der Waals surface area contributed by atoms with Gasteiger partial charge in [-0.1, -0.05) is 33.8 Å².